The normalized spacial score (nSPS) is 19.9. The summed E-state index contributed by atoms with van der Waals surface area (Å²) in [5.41, 5.74) is 0.380. The Kier molecular flexibility index (Phi) is 7.42. The third-order valence-electron chi connectivity index (χ3n) is 3.54. The van der Waals surface area contributed by atoms with E-state index in [4.69, 9.17) is 16.3 Å². The lowest BCUT2D eigenvalue weighted by Crippen LogP contribution is -2.38. The van der Waals surface area contributed by atoms with Crippen molar-refractivity contribution < 1.29 is 4.74 Å². The van der Waals surface area contributed by atoms with Crippen LogP contribution in [0.4, 0.5) is 0 Å². The van der Waals surface area contributed by atoms with Crippen LogP contribution >= 0.6 is 11.6 Å². The maximum Gasteiger partial charge on any atom is 0.0477 e. The van der Waals surface area contributed by atoms with Crippen molar-refractivity contribution >= 4 is 11.6 Å². The van der Waals surface area contributed by atoms with E-state index in [1.54, 1.807) is 0 Å². The zero-order chi connectivity index (χ0) is 11.7. The molecule has 0 amide bonds. The molecule has 1 saturated carbocycles. The second-order valence-corrected chi connectivity index (χ2v) is 5.19. The van der Waals surface area contributed by atoms with Gasteiger partial charge in [0.15, 0.2) is 0 Å². The lowest BCUT2D eigenvalue weighted by Gasteiger charge is -2.35. The fourth-order valence-electron chi connectivity index (χ4n) is 2.46. The molecule has 0 saturated heterocycles. The Labute approximate surface area is 105 Å². The van der Waals surface area contributed by atoms with Crippen LogP contribution in [0.5, 0.6) is 0 Å². The Morgan fingerprint density at radius 2 is 2.00 bits per heavy atom. The van der Waals surface area contributed by atoms with Crippen molar-refractivity contribution in [1.29, 1.82) is 0 Å². The highest BCUT2D eigenvalue weighted by atomic mass is 35.5. The summed E-state index contributed by atoms with van der Waals surface area (Å²) in [6.07, 6.45) is 7.81. The monoisotopic (exact) mass is 247 g/mol. The molecule has 0 aromatic heterocycles. The third kappa shape index (κ3) is 5.03. The van der Waals surface area contributed by atoms with Gasteiger partial charge in [-0.1, -0.05) is 19.3 Å². The van der Waals surface area contributed by atoms with Crippen LogP contribution in [-0.2, 0) is 4.74 Å². The molecule has 1 aliphatic carbocycles. The zero-order valence-corrected chi connectivity index (χ0v) is 11.3. The van der Waals surface area contributed by atoms with Crippen molar-refractivity contribution in [2.45, 2.75) is 45.4 Å². The van der Waals surface area contributed by atoms with Gasteiger partial charge in [0.25, 0.3) is 0 Å². The Hall–Kier alpha value is 0.210. The summed E-state index contributed by atoms with van der Waals surface area (Å²) in [6.45, 7) is 5.88. The first-order chi connectivity index (χ1) is 7.83. The molecule has 1 fully saturated rings. The Morgan fingerprint density at radius 1 is 1.25 bits per heavy atom. The van der Waals surface area contributed by atoms with E-state index < -0.39 is 0 Å². The Balaban J connectivity index is 2.08. The molecular weight excluding hydrogens is 222 g/mol. The summed E-state index contributed by atoms with van der Waals surface area (Å²) < 4.78 is 5.31. The maximum absolute atomic E-state index is 6.13. The van der Waals surface area contributed by atoms with Crippen molar-refractivity contribution in [2.75, 3.05) is 32.2 Å². The highest BCUT2D eigenvalue weighted by molar-refractivity contribution is 6.18. The van der Waals surface area contributed by atoms with Crippen LogP contribution in [0.1, 0.15) is 45.4 Å². The van der Waals surface area contributed by atoms with Crippen molar-refractivity contribution in [3.05, 3.63) is 0 Å². The first-order valence-corrected chi connectivity index (χ1v) is 7.21. The average molecular weight is 248 g/mol. The second kappa shape index (κ2) is 8.32. The molecule has 0 radical (unpaired) electrons. The van der Waals surface area contributed by atoms with Gasteiger partial charge in [-0.3, -0.25) is 0 Å². The molecule has 0 atom stereocenters. The quantitative estimate of drug-likeness (QED) is 0.526. The van der Waals surface area contributed by atoms with Crippen LogP contribution in [0.2, 0.25) is 0 Å². The van der Waals surface area contributed by atoms with Crippen molar-refractivity contribution in [2.24, 2.45) is 5.41 Å². The van der Waals surface area contributed by atoms with E-state index in [1.807, 2.05) is 6.92 Å². The highest BCUT2D eigenvalue weighted by Crippen LogP contribution is 2.36. The van der Waals surface area contributed by atoms with Gasteiger partial charge in [0, 0.05) is 25.6 Å². The van der Waals surface area contributed by atoms with Gasteiger partial charge in [0.2, 0.25) is 0 Å². The van der Waals surface area contributed by atoms with E-state index in [0.29, 0.717) is 5.41 Å². The van der Waals surface area contributed by atoms with Crippen LogP contribution in [0.3, 0.4) is 0 Å². The van der Waals surface area contributed by atoms with Gasteiger partial charge in [0.05, 0.1) is 0 Å². The Morgan fingerprint density at radius 3 is 2.62 bits per heavy atom. The van der Waals surface area contributed by atoms with E-state index >= 15 is 0 Å². The fourth-order valence-corrected chi connectivity index (χ4v) is 2.82. The number of hydrogen-bond donors (Lipinski definition) is 1. The zero-order valence-electron chi connectivity index (χ0n) is 10.6. The molecule has 0 unspecified atom stereocenters. The molecule has 0 bridgehead atoms. The molecule has 96 valence electrons. The Bertz CT molecular complexity index is 169. The first-order valence-electron chi connectivity index (χ1n) is 6.67. The van der Waals surface area contributed by atoms with Gasteiger partial charge < -0.3 is 10.1 Å². The fraction of sp³-hybridized carbons (Fsp3) is 1.00. The first kappa shape index (κ1) is 14.3. The van der Waals surface area contributed by atoms with Gasteiger partial charge in [-0.05, 0) is 38.1 Å². The van der Waals surface area contributed by atoms with E-state index in [-0.39, 0.29) is 0 Å². The van der Waals surface area contributed by atoms with Crippen LogP contribution in [0.15, 0.2) is 0 Å². The van der Waals surface area contributed by atoms with Crippen LogP contribution in [0, 0.1) is 5.41 Å². The van der Waals surface area contributed by atoms with Gasteiger partial charge in [0.1, 0.15) is 0 Å². The number of hydrogen-bond acceptors (Lipinski definition) is 2. The summed E-state index contributed by atoms with van der Waals surface area (Å²) in [5, 5.41) is 3.54. The molecule has 1 aliphatic rings. The third-order valence-corrected chi connectivity index (χ3v) is 4.11. The van der Waals surface area contributed by atoms with E-state index in [0.717, 1.165) is 38.6 Å². The molecule has 1 rings (SSSR count). The second-order valence-electron chi connectivity index (χ2n) is 4.92. The number of alkyl halides is 1. The molecule has 3 heteroatoms. The number of rotatable bonds is 8. The van der Waals surface area contributed by atoms with Crippen LogP contribution in [-0.4, -0.2) is 32.2 Å². The number of halogens is 1. The van der Waals surface area contributed by atoms with Crippen LogP contribution < -0.4 is 5.32 Å². The minimum Gasteiger partial charge on any atom is -0.382 e. The maximum atomic E-state index is 6.13. The molecule has 1 N–H and O–H groups in total. The van der Waals surface area contributed by atoms with Gasteiger partial charge in [-0.15, -0.1) is 11.6 Å². The van der Waals surface area contributed by atoms with Crippen molar-refractivity contribution in [3.8, 4) is 0 Å². The van der Waals surface area contributed by atoms with Crippen molar-refractivity contribution in [3.63, 3.8) is 0 Å². The van der Waals surface area contributed by atoms with E-state index in [1.165, 1.54) is 32.1 Å². The van der Waals surface area contributed by atoms with Gasteiger partial charge in [-0.2, -0.15) is 0 Å². The minimum absolute atomic E-state index is 0.380. The predicted molar refractivity (Wildman–Crippen MR) is 70.2 cm³/mol. The summed E-state index contributed by atoms with van der Waals surface area (Å²) in [5.74, 6) is 0.811. The lowest BCUT2D eigenvalue weighted by atomic mass is 9.75. The summed E-state index contributed by atoms with van der Waals surface area (Å²) in [6, 6.07) is 0. The van der Waals surface area contributed by atoms with E-state index in [9.17, 15) is 0 Å². The number of nitrogens with one attached hydrogen (secondary N) is 1. The molecule has 0 aromatic carbocycles. The highest BCUT2D eigenvalue weighted by Gasteiger charge is 2.30. The molecule has 0 heterocycles. The minimum atomic E-state index is 0.380. The average Bonchev–Trinajstić information content (AvgIpc) is 2.35. The topological polar surface area (TPSA) is 21.3 Å². The van der Waals surface area contributed by atoms with Gasteiger partial charge >= 0.3 is 0 Å². The smallest absolute Gasteiger partial charge is 0.0477 e. The SMILES string of the molecule is CCOCCCNCC1(CCl)CCCCC1. The summed E-state index contributed by atoms with van der Waals surface area (Å²) >= 11 is 6.13. The molecule has 16 heavy (non-hydrogen) atoms. The molecule has 0 spiro atoms. The molecule has 2 nitrogen and oxygen atoms in total. The van der Waals surface area contributed by atoms with E-state index in [2.05, 4.69) is 5.32 Å². The van der Waals surface area contributed by atoms with Crippen molar-refractivity contribution in [1.82, 2.24) is 5.32 Å². The van der Waals surface area contributed by atoms with Gasteiger partial charge in [-0.25, -0.2) is 0 Å². The molecular formula is C13H26ClNO. The summed E-state index contributed by atoms with van der Waals surface area (Å²) in [7, 11) is 0. The lowest BCUT2D eigenvalue weighted by molar-refractivity contribution is 0.142. The summed E-state index contributed by atoms with van der Waals surface area (Å²) in [4.78, 5) is 0. The largest absolute Gasteiger partial charge is 0.382 e. The predicted octanol–water partition coefficient (Wildman–Crippen LogP) is 3.19. The standard InChI is InChI=1S/C13H26ClNO/c1-2-16-10-6-9-15-12-13(11-14)7-4-3-5-8-13/h15H,2-12H2,1H3. The van der Waals surface area contributed by atoms with Crippen LogP contribution in [0.25, 0.3) is 0 Å². The number of ether oxygens (including phenoxy) is 1. The molecule has 0 aliphatic heterocycles. The molecule has 0 aromatic rings.